The topological polar surface area (TPSA) is 0 Å². The smallest absolute Gasteiger partial charge is 0.200 e. The van der Waals surface area contributed by atoms with Gasteiger partial charge in [0.1, 0.15) is 0 Å². The van der Waals surface area contributed by atoms with E-state index >= 15 is 0 Å². The van der Waals surface area contributed by atoms with Gasteiger partial charge < -0.3 is 0 Å². The van der Waals surface area contributed by atoms with Crippen molar-refractivity contribution in [2.45, 2.75) is 0 Å². The summed E-state index contributed by atoms with van der Waals surface area (Å²) in [5.74, 6) is -42.7. The maximum absolute atomic E-state index is 14.7. The molecule has 4 rings (SSSR count). The van der Waals surface area contributed by atoms with Crippen LogP contribution >= 0.6 is 0 Å². The Morgan fingerprint density at radius 2 is 0.526 bits per heavy atom. The van der Waals surface area contributed by atoms with Crippen LogP contribution in [-0.2, 0) is 0 Å². The predicted octanol–water partition coefficient (Wildman–Crippen LogP) is 7.88. The SMILES string of the molecule is Fc1c(F)c(F)c([C]2C=CC(c3c(F)c(F)c(F)c(F)c3F)=C2c2c(F)c(F)c(F)c(F)c2F)c(F)c1F. The molecule has 0 amide bonds. The number of halogens is 15. The molecule has 0 spiro atoms. The first-order valence-corrected chi connectivity index (χ1v) is 9.50. The van der Waals surface area contributed by atoms with Gasteiger partial charge in [0.15, 0.2) is 69.8 Å². The van der Waals surface area contributed by atoms with Crippen LogP contribution in [0.3, 0.4) is 0 Å². The highest BCUT2D eigenvalue weighted by atomic mass is 19.2. The molecule has 1 radical (unpaired) electrons. The van der Waals surface area contributed by atoms with Crippen molar-refractivity contribution < 1.29 is 65.9 Å². The van der Waals surface area contributed by atoms with Gasteiger partial charge in [0, 0.05) is 5.56 Å². The van der Waals surface area contributed by atoms with Crippen LogP contribution in [0.2, 0.25) is 0 Å². The first-order valence-electron chi connectivity index (χ1n) is 9.50. The predicted molar refractivity (Wildman–Crippen MR) is 97.0 cm³/mol. The first kappa shape index (κ1) is 27.1. The van der Waals surface area contributed by atoms with Crippen LogP contribution in [0.5, 0.6) is 0 Å². The Kier molecular flexibility index (Phi) is 6.52. The molecule has 1 aliphatic rings. The van der Waals surface area contributed by atoms with E-state index in [1.807, 2.05) is 0 Å². The molecule has 0 saturated heterocycles. The Bertz CT molecular complexity index is 1530. The summed E-state index contributed by atoms with van der Waals surface area (Å²) in [6.45, 7) is 0. The molecule has 38 heavy (non-hydrogen) atoms. The standard InChI is InChI=1S/C23H2F15/c24-9-6(10(25)16(31)21(36)15(9)30)3-1-2-4(7-11(26)17(32)22(37)18(33)12(7)27)5(3)8-13(28)19(34)23(38)20(35)14(8)29/h1-2H. The van der Waals surface area contributed by atoms with E-state index in [2.05, 4.69) is 0 Å². The van der Waals surface area contributed by atoms with Crippen LogP contribution in [0.1, 0.15) is 16.7 Å². The lowest BCUT2D eigenvalue weighted by Gasteiger charge is -2.20. The second kappa shape index (κ2) is 9.13. The molecule has 0 atom stereocenters. The van der Waals surface area contributed by atoms with Crippen LogP contribution in [0, 0.1) is 93.2 Å². The molecule has 3 aromatic rings. The zero-order chi connectivity index (χ0) is 28.5. The second-order valence-electron chi connectivity index (χ2n) is 7.37. The van der Waals surface area contributed by atoms with Gasteiger partial charge in [-0.05, 0) is 11.1 Å². The fraction of sp³-hybridized carbons (Fsp3) is 0. The van der Waals surface area contributed by atoms with Gasteiger partial charge in [-0.2, -0.15) is 0 Å². The Balaban J connectivity index is 2.23. The lowest BCUT2D eigenvalue weighted by atomic mass is 9.84. The average molecular weight is 563 g/mol. The molecular weight excluding hydrogens is 561 g/mol. The van der Waals surface area contributed by atoms with Crippen molar-refractivity contribution in [2.24, 2.45) is 0 Å². The van der Waals surface area contributed by atoms with E-state index < -0.39 is 121 Å². The van der Waals surface area contributed by atoms with Gasteiger partial charge in [-0.3, -0.25) is 0 Å². The lowest BCUT2D eigenvalue weighted by molar-refractivity contribution is 0.372. The van der Waals surface area contributed by atoms with Crippen molar-refractivity contribution in [3.05, 3.63) is 122 Å². The van der Waals surface area contributed by atoms with Crippen molar-refractivity contribution in [2.75, 3.05) is 0 Å². The monoisotopic (exact) mass is 563 g/mol. The van der Waals surface area contributed by atoms with Crippen LogP contribution in [0.4, 0.5) is 65.9 Å². The van der Waals surface area contributed by atoms with Crippen LogP contribution < -0.4 is 0 Å². The number of benzene rings is 3. The van der Waals surface area contributed by atoms with E-state index in [4.69, 9.17) is 0 Å². The largest absolute Gasteiger partial charge is 0.203 e. The molecule has 0 N–H and O–H groups in total. The van der Waals surface area contributed by atoms with Gasteiger partial charge in [-0.15, -0.1) is 0 Å². The Morgan fingerprint density at radius 1 is 0.263 bits per heavy atom. The van der Waals surface area contributed by atoms with Crippen molar-refractivity contribution in [3.63, 3.8) is 0 Å². The summed E-state index contributed by atoms with van der Waals surface area (Å²) in [5, 5.41) is 0. The Labute approximate surface area is 199 Å². The summed E-state index contributed by atoms with van der Waals surface area (Å²) >= 11 is 0. The van der Waals surface area contributed by atoms with Crippen LogP contribution in [-0.4, -0.2) is 0 Å². The molecule has 1 aliphatic carbocycles. The highest BCUT2D eigenvalue weighted by Gasteiger charge is 2.41. The maximum Gasteiger partial charge on any atom is 0.200 e. The summed E-state index contributed by atoms with van der Waals surface area (Å²) in [7, 11) is 0. The zero-order valence-electron chi connectivity index (χ0n) is 17.3. The maximum atomic E-state index is 14.7. The summed E-state index contributed by atoms with van der Waals surface area (Å²) in [6, 6.07) is 0. The van der Waals surface area contributed by atoms with E-state index in [0.717, 1.165) is 0 Å². The van der Waals surface area contributed by atoms with E-state index in [1.165, 1.54) is 0 Å². The third-order valence-electron chi connectivity index (χ3n) is 5.37. The van der Waals surface area contributed by atoms with Gasteiger partial charge in [-0.25, -0.2) is 65.9 Å². The minimum Gasteiger partial charge on any atom is -0.203 e. The molecular formula is C23H2F15. The van der Waals surface area contributed by atoms with Gasteiger partial charge in [-0.1, -0.05) is 12.2 Å². The molecule has 0 saturated carbocycles. The molecule has 0 aliphatic heterocycles. The summed E-state index contributed by atoms with van der Waals surface area (Å²) in [4.78, 5) is 0. The van der Waals surface area contributed by atoms with Crippen molar-refractivity contribution in [1.82, 2.24) is 0 Å². The molecule has 0 heterocycles. The van der Waals surface area contributed by atoms with Crippen LogP contribution in [0.25, 0.3) is 11.1 Å². The summed E-state index contributed by atoms with van der Waals surface area (Å²) < 4.78 is 211. The quantitative estimate of drug-likeness (QED) is 0.173. The Morgan fingerprint density at radius 3 is 0.868 bits per heavy atom. The number of hydrogen-bond acceptors (Lipinski definition) is 0. The highest BCUT2D eigenvalue weighted by molar-refractivity contribution is 6.07. The minimum atomic E-state index is -2.83. The second-order valence-corrected chi connectivity index (χ2v) is 7.37. The summed E-state index contributed by atoms with van der Waals surface area (Å²) in [5.41, 5.74) is -9.90. The number of allylic oxidation sites excluding steroid dienone is 4. The molecule has 199 valence electrons. The third-order valence-corrected chi connectivity index (χ3v) is 5.37. The fourth-order valence-corrected chi connectivity index (χ4v) is 3.67. The zero-order valence-corrected chi connectivity index (χ0v) is 17.3. The third kappa shape index (κ3) is 3.58. The van der Waals surface area contributed by atoms with E-state index in [1.54, 1.807) is 0 Å². The highest BCUT2D eigenvalue weighted by Crippen LogP contribution is 2.49. The van der Waals surface area contributed by atoms with Gasteiger partial charge in [0.25, 0.3) is 0 Å². The van der Waals surface area contributed by atoms with E-state index in [9.17, 15) is 65.9 Å². The molecule has 0 unspecified atom stereocenters. The van der Waals surface area contributed by atoms with Gasteiger partial charge >= 0.3 is 0 Å². The van der Waals surface area contributed by atoms with Gasteiger partial charge in [0.2, 0.25) is 17.5 Å². The molecule has 3 aromatic carbocycles. The van der Waals surface area contributed by atoms with E-state index in [0.29, 0.717) is 0 Å². The Hall–Kier alpha value is -3.91. The van der Waals surface area contributed by atoms with E-state index in [-0.39, 0.29) is 12.2 Å². The number of rotatable bonds is 3. The lowest BCUT2D eigenvalue weighted by Crippen LogP contribution is -2.15. The molecule has 0 fully saturated rings. The molecule has 0 aromatic heterocycles. The molecule has 0 bridgehead atoms. The van der Waals surface area contributed by atoms with Crippen molar-refractivity contribution >= 4 is 11.1 Å². The van der Waals surface area contributed by atoms with Crippen LogP contribution in [0.15, 0.2) is 12.2 Å². The van der Waals surface area contributed by atoms with Crippen molar-refractivity contribution in [3.8, 4) is 0 Å². The molecule has 15 heteroatoms. The number of hydrogen-bond donors (Lipinski definition) is 0. The normalized spacial score (nSPS) is 13.9. The van der Waals surface area contributed by atoms with Crippen molar-refractivity contribution in [1.29, 1.82) is 0 Å². The minimum absolute atomic E-state index is 0.138. The molecule has 0 nitrogen and oxygen atoms in total. The average Bonchev–Trinajstić information content (AvgIpc) is 3.30. The summed E-state index contributed by atoms with van der Waals surface area (Å²) in [6.07, 6.45) is 0.276. The fourth-order valence-electron chi connectivity index (χ4n) is 3.67. The first-order chi connectivity index (χ1) is 17.6. The van der Waals surface area contributed by atoms with Gasteiger partial charge in [0.05, 0.1) is 17.0 Å².